The van der Waals surface area contributed by atoms with E-state index in [0.717, 1.165) is 12.1 Å². The highest BCUT2D eigenvalue weighted by Crippen LogP contribution is 2.16. The van der Waals surface area contributed by atoms with Gasteiger partial charge >= 0.3 is 0 Å². The molecule has 0 aromatic carbocycles. The van der Waals surface area contributed by atoms with Gasteiger partial charge in [-0.3, -0.25) is 0 Å². The summed E-state index contributed by atoms with van der Waals surface area (Å²) in [5, 5.41) is 0. The second-order valence-corrected chi connectivity index (χ2v) is 3.44. The van der Waals surface area contributed by atoms with Crippen molar-refractivity contribution in [2.45, 2.75) is 34.1 Å². The molecule has 0 aromatic heterocycles. The average molecular weight is 127 g/mol. The number of allylic oxidation sites excluding steroid dienone is 2. The van der Waals surface area contributed by atoms with Gasteiger partial charge in [0.15, 0.2) is 0 Å². The third kappa shape index (κ3) is 5.41. The molecule has 2 N–H and O–H groups in total. The molecule has 0 aliphatic rings. The Labute approximate surface area is 57.9 Å². The summed E-state index contributed by atoms with van der Waals surface area (Å²) in [5.74, 6) is 0. The zero-order valence-corrected chi connectivity index (χ0v) is 6.86. The summed E-state index contributed by atoms with van der Waals surface area (Å²) in [7, 11) is 0. The molecule has 0 heterocycles. The van der Waals surface area contributed by atoms with Crippen molar-refractivity contribution in [2.75, 3.05) is 0 Å². The summed E-state index contributed by atoms with van der Waals surface area (Å²) in [6.45, 7) is 8.51. The topological polar surface area (TPSA) is 26.0 Å². The molecule has 1 heteroatoms. The van der Waals surface area contributed by atoms with E-state index in [1.54, 1.807) is 0 Å². The lowest BCUT2D eigenvalue weighted by Gasteiger charge is -2.12. The average Bonchev–Trinajstić information content (AvgIpc) is 1.62. The second kappa shape index (κ2) is 2.90. The molecule has 0 aromatic rings. The molecule has 0 radical (unpaired) electrons. The molecule has 9 heavy (non-hydrogen) atoms. The first kappa shape index (κ1) is 8.54. The monoisotopic (exact) mass is 127 g/mol. The first-order valence-electron chi connectivity index (χ1n) is 3.43. The maximum Gasteiger partial charge on any atom is 0.00425 e. The lowest BCUT2D eigenvalue weighted by molar-refractivity contribution is 0.537. The van der Waals surface area contributed by atoms with E-state index in [9.17, 15) is 0 Å². The van der Waals surface area contributed by atoms with Gasteiger partial charge in [0, 0.05) is 5.70 Å². The molecule has 0 unspecified atom stereocenters. The van der Waals surface area contributed by atoms with E-state index in [-0.39, 0.29) is 5.41 Å². The molecule has 0 aliphatic heterocycles. The van der Waals surface area contributed by atoms with Gasteiger partial charge in [0.2, 0.25) is 0 Å². The van der Waals surface area contributed by atoms with Gasteiger partial charge in [0.05, 0.1) is 0 Å². The Balaban J connectivity index is 3.95. The van der Waals surface area contributed by atoms with Crippen LogP contribution in [0.25, 0.3) is 0 Å². The van der Waals surface area contributed by atoms with Crippen LogP contribution in [0.4, 0.5) is 0 Å². The van der Waals surface area contributed by atoms with Crippen molar-refractivity contribution in [2.24, 2.45) is 11.1 Å². The van der Waals surface area contributed by atoms with E-state index < -0.39 is 0 Å². The van der Waals surface area contributed by atoms with Gasteiger partial charge in [-0.25, -0.2) is 0 Å². The third-order valence-corrected chi connectivity index (χ3v) is 1.03. The zero-order chi connectivity index (χ0) is 7.49. The molecule has 0 saturated heterocycles. The smallest absolute Gasteiger partial charge is 0.00425 e. The number of nitrogens with two attached hydrogens (primary N) is 1. The van der Waals surface area contributed by atoms with Crippen LogP contribution in [-0.4, -0.2) is 0 Å². The van der Waals surface area contributed by atoms with Crippen molar-refractivity contribution in [3.05, 3.63) is 11.8 Å². The highest BCUT2D eigenvalue weighted by atomic mass is 14.6. The molecule has 0 bridgehead atoms. The highest BCUT2D eigenvalue weighted by molar-refractivity contribution is 5.01. The standard InChI is InChI=1S/C8H17N/c1-5-7(9)6-8(2,3)4/h6H,5,9H2,1-4H3. The predicted molar refractivity (Wildman–Crippen MR) is 42.0 cm³/mol. The Morgan fingerprint density at radius 3 is 2.00 bits per heavy atom. The first-order chi connectivity index (χ1) is 3.95. The Kier molecular flexibility index (Phi) is 2.75. The second-order valence-electron chi connectivity index (χ2n) is 3.44. The summed E-state index contributed by atoms with van der Waals surface area (Å²) in [5.41, 5.74) is 6.84. The molecule has 0 atom stereocenters. The third-order valence-electron chi connectivity index (χ3n) is 1.03. The Morgan fingerprint density at radius 1 is 1.44 bits per heavy atom. The first-order valence-corrected chi connectivity index (χ1v) is 3.43. The largest absolute Gasteiger partial charge is 0.402 e. The summed E-state index contributed by atoms with van der Waals surface area (Å²) < 4.78 is 0. The van der Waals surface area contributed by atoms with Crippen LogP contribution in [0.1, 0.15) is 34.1 Å². The van der Waals surface area contributed by atoms with Crippen LogP contribution in [0.15, 0.2) is 11.8 Å². The summed E-state index contributed by atoms with van der Waals surface area (Å²) in [4.78, 5) is 0. The van der Waals surface area contributed by atoms with E-state index in [0.29, 0.717) is 0 Å². The van der Waals surface area contributed by atoms with Crippen molar-refractivity contribution in [1.82, 2.24) is 0 Å². The van der Waals surface area contributed by atoms with Crippen molar-refractivity contribution in [3.63, 3.8) is 0 Å². The van der Waals surface area contributed by atoms with Crippen LogP contribution in [-0.2, 0) is 0 Å². The molecular formula is C8H17N. The predicted octanol–water partition coefficient (Wildman–Crippen LogP) is 2.29. The van der Waals surface area contributed by atoms with Gasteiger partial charge in [-0.1, -0.05) is 33.8 Å². The lowest BCUT2D eigenvalue weighted by Crippen LogP contribution is -2.05. The van der Waals surface area contributed by atoms with Crippen LogP contribution in [0.5, 0.6) is 0 Å². The fourth-order valence-electron chi connectivity index (χ4n) is 0.658. The van der Waals surface area contributed by atoms with Gasteiger partial charge in [-0.2, -0.15) is 0 Å². The quantitative estimate of drug-likeness (QED) is 0.574. The molecule has 0 fully saturated rings. The minimum atomic E-state index is 0.236. The van der Waals surface area contributed by atoms with Crippen LogP contribution >= 0.6 is 0 Å². The lowest BCUT2D eigenvalue weighted by atomic mass is 9.95. The molecule has 1 nitrogen and oxygen atoms in total. The maximum atomic E-state index is 5.62. The minimum absolute atomic E-state index is 0.236. The summed E-state index contributed by atoms with van der Waals surface area (Å²) in [6, 6.07) is 0. The fraction of sp³-hybridized carbons (Fsp3) is 0.750. The fourth-order valence-corrected chi connectivity index (χ4v) is 0.658. The van der Waals surface area contributed by atoms with E-state index in [4.69, 9.17) is 5.73 Å². The molecule has 0 aliphatic carbocycles. The normalized spacial score (nSPS) is 14.0. The Morgan fingerprint density at radius 2 is 1.89 bits per heavy atom. The van der Waals surface area contributed by atoms with Crippen molar-refractivity contribution < 1.29 is 0 Å². The Bertz CT molecular complexity index is 106. The molecule has 54 valence electrons. The van der Waals surface area contributed by atoms with Crippen LogP contribution < -0.4 is 5.73 Å². The van der Waals surface area contributed by atoms with Gasteiger partial charge in [-0.15, -0.1) is 0 Å². The van der Waals surface area contributed by atoms with Gasteiger partial charge in [0.25, 0.3) is 0 Å². The van der Waals surface area contributed by atoms with Gasteiger partial charge < -0.3 is 5.73 Å². The van der Waals surface area contributed by atoms with Crippen LogP contribution in [0.3, 0.4) is 0 Å². The summed E-state index contributed by atoms with van der Waals surface area (Å²) in [6.07, 6.45) is 3.06. The molecule has 0 saturated carbocycles. The molecule has 0 spiro atoms. The van der Waals surface area contributed by atoms with E-state index in [1.165, 1.54) is 0 Å². The molecule has 0 rings (SSSR count). The molecule has 0 amide bonds. The number of hydrogen-bond acceptors (Lipinski definition) is 1. The number of rotatable bonds is 1. The van der Waals surface area contributed by atoms with E-state index in [2.05, 4.69) is 33.8 Å². The van der Waals surface area contributed by atoms with E-state index >= 15 is 0 Å². The van der Waals surface area contributed by atoms with Crippen molar-refractivity contribution in [1.29, 1.82) is 0 Å². The van der Waals surface area contributed by atoms with E-state index in [1.807, 2.05) is 0 Å². The van der Waals surface area contributed by atoms with Gasteiger partial charge in [-0.05, 0) is 11.8 Å². The van der Waals surface area contributed by atoms with Gasteiger partial charge in [0.1, 0.15) is 0 Å². The zero-order valence-electron chi connectivity index (χ0n) is 6.86. The summed E-state index contributed by atoms with van der Waals surface area (Å²) >= 11 is 0. The minimum Gasteiger partial charge on any atom is -0.402 e. The van der Waals surface area contributed by atoms with Crippen LogP contribution in [0, 0.1) is 5.41 Å². The highest BCUT2D eigenvalue weighted by Gasteiger charge is 2.04. The molecular weight excluding hydrogens is 110 g/mol. The SMILES string of the molecule is CCC(N)=CC(C)(C)C. The van der Waals surface area contributed by atoms with Crippen molar-refractivity contribution >= 4 is 0 Å². The Hall–Kier alpha value is -0.460. The number of hydrogen-bond donors (Lipinski definition) is 1. The van der Waals surface area contributed by atoms with Crippen LogP contribution in [0.2, 0.25) is 0 Å². The maximum absolute atomic E-state index is 5.62. The van der Waals surface area contributed by atoms with Crippen molar-refractivity contribution in [3.8, 4) is 0 Å².